The first-order chi connectivity index (χ1) is 19.5. The Balaban J connectivity index is 1.57. The number of nitrogens with zero attached hydrogens (tertiary/aromatic N) is 2. The lowest BCUT2D eigenvalue weighted by molar-refractivity contribution is -0.147. The average molecular weight is 577 g/mol. The van der Waals surface area contributed by atoms with Gasteiger partial charge in [-0.1, -0.05) is 54.6 Å². The molecule has 4 rings (SSSR count). The minimum atomic E-state index is -1.63. The minimum absolute atomic E-state index is 0.0282. The van der Waals surface area contributed by atoms with Gasteiger partial charge in [0, 0.05) is 22.9 Å². The minimum Gasteiger partial charge on any atom is -0.508 e. The molecule has 3 aromatic carbocycles. The summed E-state index contributed by atoms with van der Waals surface area (Å²) in [5.41, 5.74) is 5.08. The fourth-order valence-corrected chi connectivity index (χ4v) is 6.06. The van der Waals surface area contributed by atoms with Gasteiger partial charge in [0.25, 0.3) is 17.7 Å². The molecule has 41 heavy (non-hydrogen) atoms. The van der Waals surface area contributed by atoms with Crippen LogP contribution in [0, 0.1) is 6.92 Å². The summed E-state index contributed by atoms with van der Waals surface area (Å²) >= 11 is 1.44. The number of carbonyl (C=O) groups is 3. The first kappa shape index (κ1) is 30.0. The number of rotatable bonds is 9. The van der Waals surface area contributed by atoms with Gasteiger partial charge in [0.2, 0.25) is 0 Å². The normalized spacial score (nSPS) is 17.4. The van der Waals surface area contributed by atoms with Crippen molar-refractivity contribution in [3.8, 4) is 5.75 Å². The number of aromatic hydroxyl groups is 1. The predicted molar refractivity (Wildman–Crippen MR) is 160 cm³/mol. The Labute approximate surface area is 244 Å². The largest absolute Gasteiger partial charge is 0.508 e. The van der Waals surface area contributed by atoms with Gasteiger partial charge in [0.15, 0.2) is 6.10 Å². The predicted octanol–water partition coefficient (Wildman–Crippen LogP) is 3.25. The summed E-state index contributed by atoms with van der Waals surface area (Å²) in [7, 11) is 1.72. The first-order valence-electron chi connectivity index (χ1n) is 13.3. The van der Waals surface area contributed by atoms with E-state index in [1.54, 1.807) is 31.1 Å². The number of nitrogens with one attached hydrogen (secondary N) is 2. The van der Waals surface area contributed by atoms with Crippen LogP contribution in [0.1, 0.15) is 35.3 Å². The maximum Gasteiger partial charge on any atom is 0.262 e. The number of benzene rings is 3. The summed E-state index contributed by atoms with van der Waals surface area (Å²) in [5, 5.41) is 25.9. The SMILES string of the molecule is Cc1c(O)cccc1C(=O)N[C@@H](Cc1ccccc1)[C@H](O)C(=O)N1CSC(C)(C)C1C(=O)NN(C)c1ccccc1. The number of phenolic OH excluding ortho intramolecular Hbond substituents is 1. The van der Waals surface area contributed by atoms with Crippen LogP contribution in [0.3, 0.4) is 0 Å². The van der Waals surface area contributed by atoms with Crippen LogP contribution in [0.15, 0.2) is 78.9 Å². The molecule has 9 nitrogen and oxygen atoms in total. The maximum atomic E-state index is 13.9. The van der Waals surface area contributed by atoms with Crippen molar-refractivity contribution in [2.75, 3.05) is 17.9 Å². The van der Waals surface area contributed by atoms with Crippen LogP contribution in [0.2, 0.25) is 0 Å². The molecular formula is C31H36N4O5S. The monoisotopic (exact) mass is 576 g/mol. The summed E-state index contributed by atoms with van der Waals surface area (Å²) in [6, 6.07) is 21.3. The van der Waals surface area contributed by atoms with Crippen molar-refractivity contribution in [1.82, 2.24) is 15.6 Å². The fourth-order valence-electron chi connectivity index (χ4n) is 4.92. The molecule has 0 spiro atoms. The molecule has 10 heteroatoms. The molecular weight excluding hydrogens is 540 g/mol. The Hall–Kier alpha value is -4.02. The Morgan fingerprint density at radius 3 is 2.32 bits per heavy atom. The second-order valence-electron chi connectivity index (χ2n) is 10.6. The molecule has 0 saturated carbocycles. The number of phenols is 1. The zero-order valence-electron chi connectivity index (χ0n) is 23.6. The molecule has 4 N–H and O–H groups in total. The molecule has 3 aromatic rings. The van der Waals surface area contributed by atoms with Crippen LogP contribution in [-0.4, -0.2) is 68.7 Å². The second-order valence-corrected chi connectivity index (χ2v) is 12.2. The van der Waals surface area contributed by atoms with Crippen molar-refractivity contribution in [2.24, 2.45) is 0 Å². The molecule has 0 bridgehead atoms. The van der Waals surface area contributed by atoms with Gasteiger partial charge < -0.3 is 20.4 Å². The molecule has 3 atom stereocenters. The number of aliphatic hydroxyl groups excluding tert-OH is 1. The smallest absolute Gasteiger partial charge is 0.262 e. The highest BCUT2D eigenvalue weighted by Gasteiger charge is 2.50. The molecule has 1 unspecified atom stereocenters. The Morgan fingerprint density at radius 2 is 1.66 bits per heavy atom. The van der Waals surface area contributed by atoms with Crippen LogP contribution in [-0.2, 0) is 16.0 Å². The number of hydrogen-bond donors (Lipinski definition) is 4. The number of para-hydroxylation sites is 1. The van der Waals surface area contributed by atoms with Gasteiger partial charge in [0.05, 0.1) is 17.6 Å². The third kappa shape index (κ3) is 6.83. The van der Waals surface area contributed by atoms with Crippen molar-refractivity contribution < 1.29 is 24.6 Å². The highest BCUT2D eigenvalue weighted by molar-refractivity contribution is 8.00. The van der Waals surface area contributed by atoms with E-state index in [-0.39, 0.29) is 29.5 Å². The number of thioether (sulfide) groups is 1. The molecule has 1 heterocycles. The van der Waals surface area contributed by atoms with E-state index in [1.165, 1.54) is 22.7 Å². The molecule has 3 amide bonds. The van der Waals surface area contributed by atoms with E-state index >= 15 is 0 Å². The van der Waals surface area contributed by atoms with E-state index in [0.717, 1.165) is 11.3 Å². The van der Waals surface area contributed by atoms with E-state index < -0.39 is 34.7 Å². The van der Waals surface area contributed by atoms with Gasteiger partial charge >= 0.3 is 0 Å². The lowest BCUT2D eigenvalue weighted by Crippen LogP contribution is -2.60. The number of amides is 3. The molecule has 0 radical (unpaired) electrons. The second kappa shape index (κ2) is 12.7. The van der Waals surface area contributed by atoms with Gasteiger partial charge in [-0.05, 0) is 57.0 Å². The molecule has 0 aromatic heterocycles. The highest BCUT2D eigenvalue weighted by atomic mass is 32.2. The standard InChI is InChI=1S/C31H36N4O5S/c1-20-23(16-11-17-25(20)36)28(38)32-24(18-21-12-7-5-8-13-21)26(37)30(40)35-19-41-31(2,3)27(35)29(39)33-34(4)22-14-9-6-10-15-22/h5-17,24,26-27,36-37H,18-19H2,1-4H3,(H,32,38)(H,33,39)/t24-,26-,27?/m0/s1. The lowest BCUT2D eigenvalue weighted by atomic mass is 9.96. The molecule has 1 aliphatic heterocycles. The third-order valence-corrected chi connectivity index (χ3v) is 8.67. The van der Waals surface area contributed by atoms with Crippen molar-refractivity contribution in [3.63, 3.8) is 0 Å². The van der Waals surface area contributed by atoms with Crippen LogP contribution in [0.5, 0.6) is 5.75 Å². The van der Waals surface area contributed by atoms with Crippen molar-refractivity contribution in [2.45, 2.75) is 50.1 Å². The van der Waals surface area contributed by atoms with Gasteiger partial charge in [-0.15, -0.1) is 11.8 Å². The third-order valence-electron chi connectivity index (χ3n) is 7.30. The van der Waals surface area contributed by atoms with Gasteiger partial charge in [-0.2, -0.15) is 0 Å². The van der Waals surface area contributed by atoms with Crippen molar-refractivity contribution >= 4 is 35.2 Å². The number of aliphatic hydroxyl groups is 1. The van der Waals surface area contributed by atoms with E-state index in [4.69, 9.17) is 0 Å². The van der Waals surface area contributed by atoms with Crippen molar-refractivity contribution in [1.29, 1.82) is 0 Å². The van der Waals surface area contributed by atoms with E-state index in [0.29, 0.717) is 5.56 Å². The van der Waals surface area contributed by atoms with E-state index in [2.05, 4.69) is 10.7 Å². The molecule has 0 aliphatic carbocycles. The van der Waals surface area contributed by atoms with E-state index in [1.807, 2.05) is 74.5 Å². The van der Waals surface area contributed by atoms with Gasteiger partial charge in [0.1, 0.15) is 11.8 Å². The molecule has 1 saturated heterocycles. The number of hydrogen-bond acceptors (Lipinski definition) is 7. The Bertz CT molecular complexity index is 1390. The molecule has 1 fully saturated rings. The maximum absolute atomic E-state index is 13.9. The summed E-state index contributed by atoms with van der Waals surface area (Å²) < 4.78 is -0.631. The van der Waals surface area contributed by atoms with Crippen LogP contribution >= 0.6 is 11.8 Å². The van der Waals surface area contributed by atoms with Crippen LogP contribution in [0.25, 0.3) is 0 Å². The Kier molecular flexibility index (Phi) is 9.25. The number of hydrazine groups is 1. The lowest BCUT2D eigenvalue weighted by Gasteiger charge is -2.34. The fraction of sp³-hybridized carbons (Fsp3) is 0.323. The van der Waals surface area contributed by atoms with Crippen LogP contribution < -0.4 is 15.8 Å². The Morgan fingerprint density at radius 1 is 1.02 bits per heavy atom. The summed E-state index contributed by atoms with van der Waals surface area (Å²) in [5.74, 6) is -1.39. The summed E-state index contributed by atoms with van der Waals surface area (Å²) in [6.07, 6.45) is -1.46. The van der Waals surface area contributed by atoms with Gasteiger partial charge in [-0.3, -0.25) is 24.8 Å². The average Bonchev–Trinajstić information content (AvgIpc) is 3.29. The number of carbonyl (C=O) groups excluding carboxylic acids is 3. The zero-order chi connectivity index (χ0) is 29.7. The zero-order valence-corrected chi connectivity index (χ0v) is 24.4. The number of anilines is 1. The summed E-state index contributed by atoms with van der Waals surface area (Å²) in [4.78, 5) is 42.0. The van der Waals surface area contributed by atoms with E-state index in [9.17, 15) is 24.6 Å². The van der Waals surface area contributed by atoms with Crippen molar-refractivity contribution in [3.05, 3.63) is 95.6 Å². The summed E-state index contributed by atoms with van der Waals surface area (Å²) in [6.45, 7) is 5.40. The quantitative estimate of drug-likeness (QED) is 0.289. The molecule has 1 aliphatic rings. The highest BCUT2D eigenvalue weighted by Crippen LogP contribution is 2.40. The van der Waals surface area contributed by atoms with Crippen LogP contribution in [0.4, 0.5) is 5.69 Å². The first-order valence-corrected chi connectivity index (χ1v) is 14.3. The van der Waals surface area contributed by atoms with Gasteiger partial charge in [-0.25, -0.2) is 0 Å². The molecule has 216 valence electrons. The topological polar surface area (TPSA) is 122 Å².